The Hall–Kier alpha value is -3.38. The van der Waals surface area contributed by atoms with Crippen molar-refractivity contribution in [2.45, 2.75) is 31.5 Å². The topological polar surface area (TPSA) is 88.4 Å². The van der Waals surface area contributed by atoms with Gasteiger partial charge >= 0.3 is 0 Å². The first-order valence-electron chi connectivity index (χ1n) is 10.3. The Morgan fingerprint density at radius 1 is 0.903 bits per heavy atom. The first-order valence-corrected chi connectivity index (χ1v) is 10.3. The van der Waals surface area contributed by atoms with Gasteiger partial charge in [-0.25, -0.2) is 0 Å². The van der Waals surface area contributed by atoms with Gasteiger partial charge in [-0.15, -0.1) is 0 Å². The maximum absolute atomic E-state index is 11.0. The van der Waals surface area contributed by atoms with E-state index in [1.165, 1.54) is 7.11 Å². The number of ether oxygens (including phenoxy) is 3. The Morgan fingerprint density at radius 3 is 2.48 bits per heavy atom. The van der Waals surface area contributed by atoms with Gasteiger partial charge in [0.25, 0.3) is 0 Å². The lowest BCUT2D eigenvalue weighted by atomic mass is 9.80. The van der Waals surface area contributed by atoms with Crippen LogP contribution in [0.3, 0.4) is 0 Å². The van der Waals surface area contributed by atoms with Crippen LogP contribution in [0, 0.1) is 0 Å². The third kappa shape index (κ3) is 3.15. The average molecular weight is 420 g/mol. The van der Waals surface area contributed by atoms with Crippen LogP contribution in [-0.4, -0.2) is 35.6 Å². The van der Waals surface area contributed by atoms with Crippen molar-refractivity contribution < 1.29 is 29.5 Å². The van der Waals surface area contributed by atoms with Crippen LogP contribution < -0.4 is 14.2 Å². The van der Waals surface area contributed by atoms with Crippen molar-refractivity contribution in [3.8, 4) is 39.9 Å². The number of aryl methyl sites for hydroxylation is 1. The van der Waals surface area contributed by atoms with Gasteiger partial charge in [-0.05, 0) is 59.4 Å². The molecule has 0 unspecified atom stereocenters. The van der Waals surface area contributed by atoms with Crippen LogP contribution in [0.25, 0.3) is 11.1 Å². The Balaban J connectivity index is 1.60. The fourth-order valence-corrected chi connectivity index (χ4v) is 4.77. The second kappa shape index (κ2) is 7.39. The van der Waals surface area contributed by atoms with Gasteiger partial charge in [0.15, 0.2) is 11.5 Å². The fraction of sp³-hybridized carbons (Fsp3) is 0.280. The molecule has 3 N–H and O–H groups in total. The van der Waals surface area contributed by atoms with E-state index >= 15 is 0 Å². The smallest absolute Gasteiger partial charge is 0.160 e. The summed E-state index contributed by atoms with van der Waals surface area (Å²) in [4.78, 5) is 0. The van der Waals surface area contributed by atoms with Crippen LogP contribution in [0.15, 0.2) is 42.5 Å². The number of phenols is 2. The lowest BCUT2D eigenvalue weighted by molar-refractivity contribution is 0.0202. The van der Waals surface area contributed by atoms with Crippen LogP contribution in [0.5, 0.6) is 28.7 Å². The van der Waals surface area contributed by atoms with E-state index in [1.807, 2.05) is 12.1 Å². The lowest BCUT2D eigenvalue weighted by Crippen LogP contribution is -2.31. The van der Waals surface area contributed by atoms with Crippen molar-refractivity contribution >= 4 is 0 Å². The molecule has 3 aromatic rings. The fourth-order valence-electron chi connectivity index (χ4n) is 4.77. The van der Waals surface area contributed by atoms with Crippen molar-refractivity contribution in [3.05, 3.63) is 64.7 Å². The van der Waals surface area contributed by atoms with E-state index in [-0.39, 0.29) is 11.5 Å². The van der Waals surface area contributed by atoms with Crippen LogP contribution >= 0.6 is 0 Å². The van der Waals surface area contributed by atoms with Crippen molar-refractivity contribution in [3.63, 3.8) is 0 Å². The standard InChI is InChI=1S/C25H24O6/c1-29-22-10-14(4-8-19(22)27)25-20(28)11-18-17-6-3-13-9-15(26)5-7-16(13)24(17)23(30-2)12-21(18)31-25/h4-5,7-10,12,20,25-28H,3,6,11H2,1-2H3/t20-,25+/m0/s1. The van der Waals surface area contributed by atoms with E-state index in [0.717, 1.165) is 46.2 Å². The first kappa shape index (κ1) is 19.6. The molecular weight excluding hydrogens is 396 g/mol. The van der Waals surface area contributed by atoms with Gasteiger partial charge in [-0.1, -0.05) is 12.1 Å². The number of benzene rings is 3. The van der Waals surface area contributed by atoms with E-state index in [4.69, 9.17) is 14.2 Å². The number of phenolic OH excluding ortho intramolecular Hbond substituents is 2. The molecule has 0 amide bonds. The van der Waals surface area contributed by atoms with Crippen LogP contribution in [0.1, 0.15) is 28.4 Å². The molecule has 1 aliphatic carbocycles. The maximum Gasteiger partial charge on any atom is 0.160 e. The molecule has 2 aliphatic rings. The zero-order valence-corrected chi connectivity index (χ0v) is 17.4. The zero-order valence-electron chi connectivity index (χ0n) is 17.4. The highest BCUT2D eigenvalue weighted by molar-refractivity contribution is 5.82. The molecular formula is C25H24O6. The summed E-state index contributed by atoms with van der Waals surface area (Å²) in [6, 6.07) is 12.3. The van der Waals surface area contributed by atoms with E-state index in [9.17, 15) is 15.3 Å². The Kier molecular flexibility index (Phi) is 4.67. The Labute approximate surface area is 180 Å². The molecule has 0 aromatic heterocycles. The van der Waals surface area contributed by atoms with Crippen molar-refractivity contribution in [1.82, 2.24) is 0 Å². The lowest BCUT2D eigenvalue weighted by Gasteiger charge is -2.35. The third-order valence-electron chi connectivity index (χ3n) is 6.24. The number of hydrogen-bond donors (Lipinski definition) is 3. The second-order valence-corrected chi connectivity index (χ2v) is 7.99. The highest BCUT2D eigenvalue weighted by Crippen LogP contribution is 2.49. The molecule has 1 heterocycles. The van der Waals surface area contributed by atoms with Gasteiger partial charge in [-0.2, -0.15) is 0 Å². The highest BCUT2D eigenvalue weighted by Gasteiger charge is 2.35. The van der Waals surface area contributed by atoms with E-state index in [0.29, 0.717) is 23.7 Å². The predicted molar refractivity (Wildman–Crippen MR) is 115 cm³/mol. The van der Waals surface area contributed by atoms with Crippen LogP contribution in [0.4, 0.5) is 0 Å². The molecule has 0 radical (unpaired) electrons. The van der Waals surface area contributed by atoms with Gasteiger partial charge in [0.2, 0.25) is 0 Å². The molecule has 3 aromatic carbocycles. The third-order valence-corrected chi connectivity index (χ3v) is 6.24. The monoisotopic (exact) mass is 420 g/mol. The zero-order chi connectivity index (χ0) is 21.7. The summed E-state index contributed by atoms with van der Waals surface area (Å²) in [6.45, 7) is 0. The first-order chi connectivity index (χ1) is 15.0. The van der Waals surface area contributed by atoms with Crippen LogP contribution in [0.2, 0.25) is 0 Å². The largest absolute Gasteiger partial charge is 0.508 e. The molecule has 6 nitrogen and oxygen atoms in total. The number of rotatable bonds is 3. The van der Waals surface area contributed by atoms with Crippen molar-refractivity contribution in [2.24, 2.45) is 0 Å². The quantitative estimate of drug-likeness (QED) is 0.595. The van der Waals surface area contributed by atoms with Gasteiger partial charge < -0.3 is 29.5 Å². The molecule has 160 valence electrons. The minimum Gasteiger partial charge on any atom is -0.508 e. The SMILES string of the molecule is COc1cc([C@H]2Oc3cc(OC)c4c(c3C[C@@H]2O)CCc2cc(O)ccc2-4)ccc1O. The van der Waals surface area contributed by atoms with Gasteiger partial charge in [0.1, 0.15) is 23.4 Å². The Morgan fingerprint density at radius 2 is 1.71 bits per heavy atom. The van der Waals surface area contributed by atoms with E-state index < -0.39 is 12.2 Å². The number of hydrogen-bond acceptors (Lipinski definition) is 6. The minimum absolute atomic E-state index is 0.0393. The van der Waals surface area contributed by atoms with Crippen molar-refractivity contribution in [1.29, 1.82) is 0 Å². The molecule has 0 saturated carbocycles. The summed E-state index contributed by atoms with van der Waals surface area (Å²) >= 11 is 0. The molecule has 0 bridgehead atoms. The summed E-state index contributed by atoms with van der Waals surface area (Å²) in [5, 5.41) is 30.7. The summed E-state index contributed by atoms with van der Waals surface area (Å²) in [7, 11) is 3.12. The van der Waals surface area contributed by atoms with Crippen molar-refractivity contribution in [2.75, 3.05) is 14.2 Å². The molecule has 0 saturated heterocycles. The highest BCUT2D eigenvalue weighted by atomic mass is 16.5. The molecule has 31 heavy (non-hydrogen) atoms. The molecule has 1 aliphatic heterocycles. The van der Waals surface area contributed by atoms with Gasteiger partial charge in [-0.3, -0.25) is 0 Å². The summed E-state index contributed by atoms with van der Waals surface area (Å²) in [6.07, 6.45) is 0.686. The minimum atomic E-state index is -0.750. The van der Waals surface area contributed by atoms with E-state index in [1.54, 1.807) is 37.4 Å². The maximum atomic E-state index is 11.0. The van der Waals surface area contributed by atoms with Gasteiger partial charge in [0.05, 0.1) is 20.3 Å². The molecule has 5 rings (SSSR count). The normalized spacial score (nSPS) is 18.9. The summed E-state index contributed by atoms with van der Waals surface area (Å²) < 4.78 is 17.2. The van der Waals surface area contributed by atoms with Crippen LogP contribution in [-0.2, 0) is 19.3 Å². The summed E-state index contributed by atoms with van der Waals surface area (Å²) in [5.74, 6) is 2.03. The summed E-state index contributed by atoms with van der Waals surface area (Å²) in [5.41, 5.74) is 5.96. The molecule has 6 heteroatoms. The van der Waals surface area contributed by atoms with E-state index in [2.05, 4.69) is 0 Å². The number of methoxy groups -OCH3 is 2. The second-order valence-electron chi connectivity index (χ2n) is 7.99. The Bertz CT molecular complexity index is 1170. The average Bonchev–Trinajstić information content (AvgIpc) is 2.78. The molecule has 0 fully saturated rings. The molecule has 2 atom stereocenters. The number of fused-ring (bicyclic) bond motifs is 5. The molecule has 0 spiro atoms. The number of aliphatic hydroxyl groups is 1. The number of aromatic hydroxyl groups is 2. The predicted octanol–water partition coefficient (Wildman–Crippen LogP) is 3.92. The van der Waals surface area contributed by atoms with Gasteiger partial charge in [0, 0.05) is 23.6 Å². The number of aliphatic hydroxyl groups excluding tert-OH is 1.